The van der Waals surface area contributed by atoms with Gasteiger partial charge in [-0.1, -0.05) is 0 Å². The first-order valence-corrected chi connectivity index (χ1v) is 11.5. The molecule has 37 heavy (non-hydrogen) atoms. The number of fused-ring (bicyclic) bond motifs is 1. The monoisotopic (exact) mass is 522 g/mol. The number of hydrogen-bond donors (Lipinski definition) is 1. The minimum Gasteiger partial charge on any atom is -0.507 e. The standard InChI is InChI=1S/C25H25F3N2O7/c1-3-35-24(33)30-12-10-29(11-13-30)14-18-19(31)9-8-17-20(32)22(23(25(26,27)28)37-21(17)18)36-16-6-4-15(34-2)5-7-16/h4-9,31H,3,10-14H2,1-2H3. The number of phenolic OH excluding ortho intramolecular Hbond substituents is 1. The molecule has 0 unspecified atom stereocenters. The molecule has 1 aliphatic heterocycles. The molecule has 9 nitrogen and oxygen atoms in total. The molecule has 0 bridgehead atoms. The van der Waals surface area contributed by atoms with E-state index in [1.165, 1.54) is 48.4 Å². The molecular formula is C25H25F3N2O7. The summed E-state index contributed by atoms with van der Waals surface area (Å²) in [6.07, 6.45) is -5.50. The largest absolute Gasteiger partial charge is 0.507 e. The van der Waals surface area contributed by atoms with Crippen molar-refractivity contribution in [3.63, 3.8) is 0 Å². The number of rotatable bonds is 6. The van der Waals surface area contributed by atoms with Crippen LogP contribution in [0.15, 0.2) is 45.6 Å². The highest BCUT2D eigenvalue weighted by molar-refractivity contribution is 5.83. The second-order valence-corrected chi connectivity index (χ2v) is 8.27. The van der Waals surface area contributed by atoms with Crippen LogP contribution in [0.5, 0.6) is 23.0 Å². The zero-order chi connectivity index (χ0) is 26.7. The summed E-state index contributed by atoms with van der Waals surface area (Å²) >= 11 is 0. The highest BCUT2D eigenvalue weighted by Gasteiger charge is 2.41. The van der Waals surface area contributed by atoms with E-state index in [0.29, 0.717) is 31.9 Å². The van der Waals surface area contributed by atoms with Crippen LogP contribution >= 0.6 is 0 Å². The van der Waals surface area contributed by atoms with Gasteiger partial charge in [-0.3, -0.25) is 9.69 Å². The van der Waals surface area contributed by atoms with Gasteiger partial charge in [-0.05, 0) is 43.3 Å². The van der Waals surface area contributed by atoms with Crippen molar-refractivity contribution in [3.8, 4) is 23.0 Å². The van der Waals surface area contributed by atoms with Crippen LogP contribution in [0, 0.1) is 0 Å². The number of aromatic hydroxyl groups is 1. The van der Waals surface area contributed by atoms with E-state index in [-0.39, 0.29) is 41.2 Å². The van der Waals surface area contributed by atoms with Crippen molar-refractivity contribution in [2.45, 2.75) is 19.6 Å². The zero-order valence-electron chi connectivity index (χ0n) is 20.1. The van der Waals surface area contributed by atoms with E-state index in [1.807, 2.05) is 4.90 Å². The van der Waals surface area contributed by atoms with Crippen molar-refractivity contribution < 1.29 is 41.7 Å². The average Bonchev–Trinajstić information content (AvgIpc) is 2.87. The number of ether oxygens (including phenoxy) is 3. The van der Waals surface area contributed by atoms with Gasteiger partial charge >= 0.3 is 12.3 Å². The van der Waals surface area contributed by atoms with Crippen molar-refractivity contribution in [2.24, 2.45) is 0 Å². The summed E-state index contributed by atoms with van der Waals surface area (Å²) in [4.78, 5) is 28.5. The Kier molecular flexibility index (Phi) is 7.48. The minimum atomic E-state index is -5.05. The number of alkyl halides is 3. The zero-order valence-corrected chi connectivity index (χ0v) is 20.1. The predicted molar refractivity (Wildman–Crippen MR) is 126 cm³/mol. The van der Waals surface area contributed by atoms with E-state index in [4.69, 9.17) is 18.6 Å². The van der Waals surface area contributed by atoms with E-state index in [1.54, 1.807) is 6.92 Å². The van der Waals surface area contributed by atoms with Crippen molar-refractivity contribution in [2.75, 3.05) is 39.9 Å². The molecule has 1 saturated heterocycles. The summed E-state index contributed by atoms with van der Waals surface area (Å²) in [5.74, 6) is -2.50. The van der Waals surface area contributed by atoms with Gasteiger partial charge in [0.15, 0.2) is 0 Å². The van der Waals surface area contributed by atoms with E-state index < -0.39 is 29.2 Å². The summed E-state index contributed by atoms with van der Waals surface area (Å²) in [6, 6.07) is 8.10. The number of carbonyl (C=O) groups is 1. The van der Waals surface area contributed by atoms with Crippen molar-refractivity contribution >= 4 is 17.1 Å². The lowest BCUT2D eigenvalue weighted by molar-refractivity contribution is -0.154. The van der Waals surface area contributed by atoms with Gasteiger partial charge in [0.1, 0.15) is 22.8 Å². The molecule has 0 atom stereocenters. The Labute approximate surface area is 209 Å². The Morgan fingerprint density at radius 1 is 1.05 bits per heavy atom. The molecule has 2 aromatic carbocycles. The van der Waals surface area contributed by atoms with Crippen LogP contribution in [0.3, 0.4) is 0 Å². The maximum Gasteiger partial charge on any atom is 0.453 e. The molecule has 1 amide bonds. The normalized spacial score (nSPS) is 14.6. The Balaban J connectivity index is 1.70. The first kappa shape index (κ1) is 26.1. The molecule has 0 aliphatic carbocycles. The second-order valence-electron chi connectivity index (χ2n) is 8.27. The van der Waals surface area contributed by atoms with Crippen molar-refractivity contribution in [1.82, 2.24) is 9.80 Å². The third-order valence-corrected chi connectivity index (χ3v) is 5.91. The van der Waals surface area contributed by atoms with Crippen LogP contribution in [-0.2, 0) is 17.5 Å². The lowest BCUT2D eigenvalue weighted by atomic mass is 10.1. The lowest BCUT2D eigenvalue weighted by Crippen LogP contribution is -2.48. The number of benzene rings is 2. The van der Waals surface area contributed by atoms with Crippen molar-refractivity contribution in [1.29, 1.82) is 0 Å². The Morgan fingerprint density at radius 3 is 2.30 bits per heavy atom. The van der Waals surface area contributed by atoms with Gasteiger partial charge < -0.3 is 28.6 Å². The lowest BCUT2D eigenvalue weighted by Gasteiger charge is -2.34. The maximum absolute atomic E-state index is 14.0. The molecule has 2 heterocycles. The third-order valence-electron chi connectivity index (χ3n) is 5.91. The Bertz CT molecular complexity index is 1330. The maximum atomic E-state index is 14.0. The first-order chi connectivity index (χ1) is 17.6. The minimum absolute atomic E-state index is 0.00123. The molecule has 1 fully saturated rings. The third kappa shape index (κ3) is 5.58. The molecule has 1 aliphatic rings. The van der Waals surface area contributed by atoms with Crippen LogP contribution < -0.4 is 14.9 Å². The average molecular weight is 522 g/mol. The Morgan fingerprint density at radius 2 is 1.70 bits per heavy atom. The number of methoxy groups -OCH3 is 1. The summed E-state index contributed by atoms with van der Waals surface area (Å²) in [5, 5.41) is 10.3. The fourth-order valence-electron chi connectivity index (χ4n) is 4.01. The number of halogens is 3. The molecule has 1 N–H and O–H groups in total. The molecular weight excluding hydrogens is 497 g/mol. The predicted octanol–water partition coefficient (Wildman–Crippen LogP) is 4.59. The summed E-state index contributed by atoms with van der Waals surface area (Å²) in [5.41, 5.74) is -1.38. The molecule has 198 valence electrons. The van der Waals surface area contributed by atoms with E-state index in [9.17, 15) is 27.9 Å². The smallest absolute Gasteiger partial charge is 0.453 e. The fraction of sp³-hybridized carbons (Fsp3) is 0.360. The molecule has 0 saturated carbocycles. The SMILES string of the molecule is CCOC(=O)N1CCN(Cc2c(O)ccc3c(=O)c(Oc4ccc(OC)cc4)c(C(F)(F)F)oc23)CC1. The number of nitrogens with zero attached hydrogens (tertiary/aromatic N) is 2. The van der Waals surface area contributed by atoms with Gasteiger partial charge in [-0.15, -0.1) is 0 Å². The van der Waals surface area contributed by atoms with Gasteiger partial charge in [-0.25, -0.2) is 4.79 Å². The topological polar surface area (TPSA) is 102 Å². The highest BCUT2D eigenvalue weighted by atomic mass is 19.4. The van der Waals surface area contributed by atoms with Gasteiger partial charge in [0, 0.05) is 32.7 Å². The second kappa shape index (κ2) is 10.6. The van der Waals surface area contributed by atoms with Gasteiger partial charge in [0.05, 0.1) is 24.7 Å². The Hall–Kier alpha value is -3.93. The number of amides is 1. The molecule has 3 aromatic rings. The molecule has 4 rings (SSSR count). The number of phenols is 1. The molecule has 0 spiro atoms. The number of hydrogen-bond acceptors (Lipinski definition) is 8. The number of piperazine rings is 1. The van der Waals surface area contributed by atoms with Gasteiger partial charge in [0.2, 0.25) is 11.2 Å². The summed E-state index contributed by atoms with van der Waals surface area (Å²) < 4.78 is 62.6. The fourth-order valence-corrected chi connectivity index (χ4v) is 4.01. The molecule has 1 aromatic heterocycles. The van der Waals surface area contributed by atoms with Crippen LogP contribution in [-0.4, -0.2) is 60.9 Å². The van der Waals surface area contributed by atoms with Crippen LogP contribution in [0.25, 0.3) is 11.0 Å². The van der Waals surface area contributed by atoms with Gasteiger partial charge in [0.25, 0.3) is 5.76 Å². The van der Waals surface area contributed by atoms with Crippen LogP contribution in [0.4, 0.5) is 18.0 Å². The van der Waals surface area contributed by atoms with Crippen molar-refractivity contribution in [3.05, 3.63) is 57.9 Å². The number of carbonyl (C=O) groups excluding carboxylic acids is 1. The summed E-state index contributed by atoms with van der Waals surface area (Å²) in [6.45, 7) is 3.37. The first-order valence-electron chi connectivity index (χ1n) is 11.5. The van der Waals surface area contributed by atoms with E-state index in [2.05, 4.69) is 0 Å². The quantitative estimate of drug-likeness (QED) is 0.502. The molecule has 0 radical (unpaired) electrons. The highest BCUT2D eigenvalue weighted by Crippen LogP contribution is 2.40. The van der Waals surface area contributed by atoms with E-state index in [0.717, 1.165) is 0 Å². The van der Waals surface area contributed by atoms with Gasteiger partial charge in [-0.2, -0.15) is 13.2 Å². The summed E-state index contributed by atoms with van der Waals surface area (Å²) in [7, 11) is 1.43. The van der Waals surface area contributed by atoms with E-state index >= 15 is 0 Å². The molecule has 12 heteroatoms. The van der Waals surface area contributed by atoms with Crippen LogP contribution in [0.2, 0.25) is 0 Å². The van der Waals surface area contributed by atoms with Crippen LogP contribution in [0.1, 0.15) is 18.2 Å².